The van der Waals surface area contributed by atoms with E-state index in [1.54, 1.807) is 6.92 Å². The molecule has 1 aromatic carbocycles. The molecule has 9 nitrogen and oxygen atoms in total. The van der Waals surface area contributed by atoms with Gasteiger partial charge >= 0.3 is 0 Å². The van der Waals surface area contributed by atoms with Gasteiger partial charge in [-0.05, 0) is 18.6 Å². The van der Waals surface area contributed by atoms with Crippen molar-refractivity contribution in [3.8, 4) is 0 Å². The molecule has 108 valence electrons. The number of rotatable bonds is 4. The van der Waals surface area contributed by atoms with E-state index in [0.29, 0.717) is 17.1 Å². The average Bonchev–Trinajstić information content (AvgIpc) is 2.49. The van der Waals surface area contributed by atoms with Crippen LogP contribution in [0.25, 0.3) is 0 Å². The van der Waals surface area contributed by atoms with Gasteiger partial charge in [0.25, 0.3) is 11.6 Å². The number of nitrogens with one attached hydrogen (secondary N) is 2. The Morgan fingerprint density at radius 1 is 1.33 bits per heavy atom. The summed E-state index contributed by atoms with van der Waals surface area (Å²) in [5.41, 5.74) is 3.41. The van der Waals surface area contributed by atoms with Gasteiger partial charge < -0.3 is 10.7 Å². The van der Waals surface area contributed by atoms with E-state index in [0.717, 1.165) is 0 Å². The molecule has 0 aliphatic heterocycles. The van der Waals surface area contributed by atoms with E-state index in [1.165, 1.54) is 30.6 Å². The van der Waals surface area contributed by atoms with Gasteiger partial charge in [-0.2, -0.15) is 0 Å². The maximum atomic E-state index is 12.0. The number of nitrogen functional groups attached to an aromatic ring is 1. The molecule has 9 heteroatoms. The number of nitrogens with two attached hydrogens (primary N) is 1. The molecule has 0 aliphatic rings. The van der Waals surface area contributed by atoms with Crippen molar-refractivity contribution in [1.82, 2.24) is 9.97 Å². The van der Waals surface area contributed by atoms with E-state index in [2.05, 4.69) is 20.7 Å². The van der Waals surface area contributed by atoms with Crippen molar-refractivity contribution in [3.63, 3.8) is 0 Å². The monoisotopic (exact) mass is 288 g/mol. The van der Waals surface area contributed by atoms with Crippen LogP contribution >= 0.6 is 0 Å². The van der Waals surface area contributed by atoms with Crippen molar-refractivity contribution in [3.05, 3.63) is 52.0 Å². The molecule has 0 atom stereocenters. The third-order valence-electron chi connectivity index (χ3n) is 2.70. The Hall–Kier alpha value is -3.07. The summed E-state index contributed by atoms with van der Waals surface area (Å²) in [6.45, 7) is 1.66. The minimum Gasteiger partial charge on any atom is -0.320 e. The number of nitro groups is 1. The summed E-state index contributed by atoms with van der Waals surface area (Å²) in [7, 11) is 0. The maximum absolute atomic E-state index is 12.0. The lowest BCUT2D eigenvalue weighted by atomic mass is 10.1. The number of benzene rings is 1. The number of anilines is 2. The predicted molar refractivity (Wildman–Crippen MR) is 75.6 cm³/mol. The summed E-state index contributed by atoms with van der Waals surface area (Å²) >= 11 is 0. The first-order valence-corrected chi connectivity index (χ1v) is 5.86. The van der Waals surface area contributed by atoms with Crippen LogP contribution < -0.4 is 16.6 Å². The molecule has 0 aliphatic carbocycles. The topological polar surface area (TPSA) is 136 Å². The lowest BCUT2D eigenvalue weighted by Gasteiger charge is -2.07. The van der Waals surface area contributed by atoms with Crippen LogP contribution in [0.5, 0.6) is 0 Å². The highest BCUT2D eigenvalue weighted by Gasteiger charge is 2.12. The Kier molecular flexibility index (Phi) is 4.05. The average molecular weight is 288 g/mol. The van der Waals surface area contributed by atoms with E-state index < -0.39 is 10.8 Å². The number of hydrazine groups is 1. The van der Waals surface area contributed by atoms with Gasteiger partial charge in [-0.1, -0.05) is 0 Å². The number of nitro benzene ring substituents is 1. The van der Waals surface area contributed by atoms with E-state index in [1.807, 2.05) is 0 Å². The van der Waals surface area contributed by atoms with Crippen LogP contribution in [0.2, 0.25) is 0 Å². The molecule has 1 aromatic heterocycles. The van der Waals surface area contributed by atoms with Crippen LogP contribution in [-0.2, 0) is 0 Å². The van der Waals surface area contributed by atoms with E-state index >= 15 is 0 Å². The third-order valence-corrected chi connectivity index (χ3v) is 2.70. The van der Waals surface area contributed by atoms with Gasteiger partial charge in [-0.25, -0.2) is 15.8 Å². The summed E-state index contributed by atoms with van der Waals surface area (Å²) in [4.78, 5) is 29.9. The van der Waals surface area contributed by atoms with Crippen LogP contribution in [0.3, 0.4) is 0 Å². The molecule has 0 radical (unpaired) electrons. The number of carbonyl (C=O) groups is 1. The number of carbonyl (C=O) groups excluding carboxylic acids is 1. The first kappa shape index (κ1) is 14.3. The first-order chi connectivity index (χ1) is 10.0. The molecule has 1 heterocycles. The van der Waals surface area contributed by atoms with Crippen LogP contribution in [0.4, 0.5) is 17.2 Å². The number of aryl methyl sites for hydroxylation is 1. The fourth-order valence-corrected chi connectivity index (χ4v) is 1.61. The smallest absolute Gasteiger partial charge is 0.275 e. The molecular formula is C12H12N6O3. The second-order valence-corrected chi connectivity index (χ2v) is 4.14. The Labute approximate surface area is 119 Å². The van der Waals surface area contributed by atoms with Crippen molar-refractivity contribution >= 4 is 23.1 Å². The molecule has 0 unspecified atom stereocenters. The maximum Gasteiger partial charge on any atom is 0.275 e. The normalized spacial score (nSPS) is 10.0. The molecule has 4 N–H and O–H groups in total. The minimum absolute atomic E-state index is 0.0383. The van der Waals surface area contributed by atoms with Crippen LogP contribution in [-0.4, -0.2) is 20.8 Å². The van der Waals surface area contributed by atoms with E-state index in [-0.39, 0.29) is 11.4 Å². The lowest BCUT2D eigenvalue weighted by Crippen LogP contribution is -2.16. The van der Waals surface area contributed by atoms with Crippen molar-refractivity contribution in [2.24, 2.45) is 5.84 Å². The van der Waals surface area contributed by atoms with Gasteiger partial charge in [-0.15, -0.1) is 0 Å². The Morgan fingerprint density at radius 2 is 2.10 bits per heavy atom. The minimum atomic E-state index is -0.497. The van der Waals surface area contributed by atoms with Gasteiger partial charge in [0, 0.05) is 17.8 Å². The summed E-state index contributed by atoms with van der Waals surface area (Å²) in [6, 6.07) is 4.16. The largest absolute Gasteiger partial charge is 0.320 e. The van der Waals surface area contributed by atoms with Gasteiger partial charge in [0.2, 0.25) is 0 Å². The lowest BCUT2D eigenvalue weighted by molar-refractivity contribution is -0.384. The molecule has 0 saturated heterocycles. The molecule has 21 heavy (non-hydrogen) atoms. The molecule has 1 amide bonds. The highest BCUT2D eigenvalue weighted by molar-refractivity contribution is 6.03. The highest BCUT2D eigenvalue weighted by atomic mass is 16.6. The zero-order chi connectivity index (χ0) is 15.4. The second kappa shape index (κ2) is 5.92. The van der Waals surface area contributed by atoms with Crippen molar-refractivity contribution in [1.29, 1.82) is 0 Å². The van der Waals surface area contributed by atoms with Crippen molar-refractivity contribution in [2.45, 2.75) is 6.92 Å². The van der Waals surface area contributed by atoms with Crippen molar-refractivity contribution in [2.75, 3.05) is 10.7 Å². The summed E-state index contributed by atoms with van der Waals surface area (Å²) in [5, 5.41) is 13.3. The zero-order valence-electron chi connectivity index (χ0n) is 11.0. The number of hydrogen-bond donors (Lipinski definition) is 3. The van der Waals surface area contributed by atoms with Gasteiger partial charge in [-0.3, -0.25) is 14.9 Å². The predicted octanol–water partition coefficient (Wildman–Crippen LogP) is 1.23. The zero-order valence-corrected chi connectivity index (χ0v) is 11.0. The fourth-order valence-electron chi connectivity index (χ4n) is 1.61. The number of amides is 1. The van der Waals surface area contributed by atoms with Gasteiger partial charge in [0.15, 0.2) is 5.82 Å². The second-order valence-electron chi connectivity index (χ2n) is 4.14. The summed E-state index contributed by atoms with van der Waals surface area (Å²) < 4.78 is 0. The molecular weight excluding hydrogens is 276 g/mol. The standard InChI is InChI=1S/C12H12N6O3/c1-7-4-8(18(20)21)2-3-9(7)16-12(19)10-5-15-11(17-13)6-14-10/h2-6H,13H2,1H3,(H,15,17)(H,16,19). The number of aromatic nitrogens is 2. The Balaban J connectivity index is 2.17. The van der Waals surface area contributed by atoms with Crippen molar-refractivity contribution < 1.29 is 9.72 Å². The molecule has 2 aromatic rings. The number of nitrogens with zero attached hydrogens (tertiary/aromatic N) is 3. The fraction of sp³-hybridized carbons (Fsp3) is 0.0833. The summed E-state index contributed by atoms with van der Waals surface area (Å²) in [5.74, 6) is 5.01. The molecule has 0 spiro atoms. The van der Waals surface area contributed by atoms with Gasteiger partial charge in [0.1, 0.15) is 5.69 Å². The highest BCUT2D eigenvalue weighted by Crippen LogP contribution is 2.21. The first-order valence-electron chi connectivity index (χ1n) is 5.86. The Bertz CT molecular complexity index is 686. The van der Waals surface area contributed by atoms with E-state index in [4.69, 9.17) is 5.84 Å². The van der Waals surface area contributed by atoms with Crippen LogP contribution in [0.1, 0.15) is 16.1 Å². The Morgan fingerprint density at radius 3 is 2.62 bits per heavy atom. The number of non-ortho nitro benzene ring substituents is 1. The summed E-state index contributed by atoms with van der Waals surface area (Å²) in [6.07, 6.45) is 2.59. The molecule has 0 fully saturated rings. The molecule has 0 saturated carbocycles. The molecule has 2 rings (SSSR count). The molecule has 0 bridgehead atoms. The number of hydrogen-bond acceptors (Lipinski definition) is 7. The van der Waals surface area contributed by atoms with Crippen LogP contribution in [0.15, 0.2) is 30.6 Å². The SMILES string of the molecule is Cc1cc([N+](=O)[O-])ccc1NC(=O)c1cnc(NN)cn1. The van der Waals surface area contributed by atoms with E-state index in [9.17, 15) is 14.9 Å². The van der Waals surface area contributed by atoms with Gasteiger partial charge in [0.05, 0.1) is 17.3 Å². The third kappa shape index (κ3) is 3.28. The van der Waals surface area contributed by atoms with Crippen LogP contribution in [0, 0.1) is 17.0 Å². The quantitative estimate of drug-likeness (QED) is 0.437.